The van der Waals surface area contributed by atoms with Crippen molar-refractivity contribution in [2.24, 2.45) is 5.10 Å². The first-order valence-electron chi connectivity index (χ1n) is 11.1. The fourth-order valence-electron chi connectivity index (χ4n) is 4.47. The van der Waals surface area contributed by atoms with Crippen LogP contribution < -0.4 is 10.2 Å². The smallest absolute Gasteiger partial charge is 0.122 e. The Hall–Kier alpha value is -3.57. The van der Waals surface area contributed by atoms with E-state index in [9.17, 15) is 0 Å². The molecule has 1 unspecified atom stereocenters. The van der Waals surface area contributed by atoms with Crippen LogP contribution in [0.2, 0.25) is 5.02 Å². The molecule has 33 heavy (non-hydrogen) atoms. The Kier molecular flexibility index (Phi) is 4.92. The van der Waals surface area contributed by atoms with Crippen LogP contribution in [0, 0.1) is 6.92 Å². The number of ether oxygens (including phenoxy) is 1. The van der Waals surface area contributed by atoms with Crippen molar-refractivity contribution in [2.75, 3.05) is 6.61 Å². The molecule has 0 bridgehead atoms. The Morgan fingerprint density at radius 2 is 1.79 bits per heavy atom. The summed E-state index contributed by atoms with van der Waals surface area (Å²) in [7, 11) is 0. The zero-order chi connectivity index (χ0) is 22.4. The number of nitrogens with zero attached hydrogens (tertiary/aromatic N) is 3. The van der Waals surface area contributed by atoms with E-state index in [0.717, 1.165) is 59.0 Å². The van der Waals surface area contributed by atoms with Gasteiger partial charge in [0.2, 0.25) is 0 Å². The first-order valence-corrected chi connectivity index (χ1v) is 11.5. The molecule has 0 saturated heterocycles. The molecule has 2 aliphatic rings. The van der Waals surface area contributed by atoms with E-state index in [1.54, 1.807) is 0 Å². The highest BCUT2D eigenvalue weighted by molar-refractivity contribution is 6.30. The van der Waals surface area contributed by atoms with Gasteiger partial charge in [-0.3, -0.25) is 0 Å². The summed E-state index contributed by atoms with van der Waals surface area (Å²) in [6.45, 7) is 2.85. The lowest BCUT2D eigenvalue weighted by Gasteiger charge is -2.10. The Bertz CT molecular complexity index is 1360. The number of aromatic nitrogens is 2. The maximum atomic E-state index is 6.10. The van der Waals surface area contributed by atoms with Gasteiger partial charge in [0.1, 0.15) is 5.75 Å². The van der Waals surface area contributed by atoms with E-state index in [-0.39, 0.29) is 6.04 Å². The number of nitrogens with one attached hydrogen (secondary N) is 1. The van der Waals surface area contributed by atoms with Gasteiger partial charge in [-0.15, -0.1) is 0 Å². The molecule has 0 saturated carbocycles. The van der Waals surface area contributed by atoms with Crippen molar-refractivity contribution in [3.63, 3.8) is 0 Å². The molecular weight excluding hydrogens is 432 g/mol. The molecular formula is C27H23ClN4O. The third-order valence-corrected chi connectivity index (χ3v) is 6.56. The van der Waals surface area contributed by atoms with Gasteiger partial charge in [0, 0.05) is 35.2 Å². The van der Waals surface area contributed by atoms with Crippen LogP contribution in [-0.2, 0) is 6.42 Å². The largest absolute Gasteiger partial charge is 0.493 e. The van der Waals surface area contributed by atoms with Gasteiger partial charge in [-0.1, -0.05) is 41.4 Å². The number of aryl methyl sites for hydroxylation is 1. The van der Waals surface area contributed by atoms with Gasteiger partial charge in [0.15, 0.2) is 0 Å². The van der Waals surface area contributed by atoms with Crippen LogP contribution in [0.1, 0.15) is 34.7 Å². The maximum absolute atomic E-state index is 6.10. The molecule has 0 amide bonds. The Morgan fingerprint density at radius 3 is 2.61 bits per heavy atom. The van der Waals surface area contributed by atoms with Crippen molar-refractivity contribution < 1.29 is 4.74 Å². The lowest BCUT2D eigenvalue weighted by Crippen LogP contribution is -2.10. The summed E-state index contributed by atoms with van der Waals surface area (Å²) in [4.78, 5) is 0. The van der Waals surface area contributed by atoms with Crippen LogP contribution in [-0.4, -0.2) is 22.1 Å². The average Bonchev–Trinajstić information content (AvgIpc) is 3.58. The van der Waals surface area contributed by atoms with Gasteiger partial charge >= 0.3 is 0 Å². The number of hydrazone groups is 1. The van der Waals surface area contributed by atoms with Gasteiger partial charge in [-0.05, 0) is 60.5 Å². The number of halogens is 1. The minimum atomic E-state index is 0.0434. The van der Waals surface area contributed by atoms with Crippen molar-refractivity contribution in [1.29, 1.82) is 0 Å². The second kappa shape index (κ2) is 8.09. The molecule has 0 radical (unpaired) electrons. The van der Waals surface area contributed by atoms with Gasteiger partial charge in [-0.2, -0.15) is 10.2 Å². The zero-order valence-corrected chi connectivity index (χ0v) is 19.0. The molecule has 4 aromatic rings. The molecule has 1 atom stereocenters. The monoisotopic (exact) mass is 454 g/mol. The minimum absolute atomic E-state index is 0.0434. The van der Waals surface area contributed by atoms with Gasteiger partial charge in [0.25, 0.3) is 0 Å². The second-order valence-corrected chi connectivity index (χ2v) is 9.02. The minimum Gasteiger partial charge on any atom is -0.493 e. The topological polar surface area (TPSA) is 51.4 Å². The van der Waals surface area contributed by atoms with E-state index in [1.165, 1.54) is 11.1 Å². The number of hydrogen-bond acceptors (Lipinski definition) is 4. The van der Waals surface area contributed by atoms with E-state index >= 15 is 0 Å². The Labute approximate surface area is 197 Å². The number of hydrogen-bond donors (Lipinski definition) is 1. The molecule has 0 aliphatic carbocycles. The number of benzene rings is 3. The van der Waals surface area contributed by atoms with Crippen molar-refractivity contribution in [3.05, 3.63) is 100 Å². The fraction of sp³-hybridized carbons (Fsp3) is 0.185. The van der Waals surface area contributed by atoms with Crippen LogP contribution in [0.25, 0.3) is 16.9 Å². The number of rotatable bonds is 4. The van der Waals surface area contributed by atoms with Crippen LogP contribution in [0.15, 0.2) is 78.0 Å². The predicted octanol–water partition coefficient (Wildman–Crippen LogP) is 5.87. The number of fused-ring (bicyclic) bond motifs is 1. The van der Waals surface area contributed by atoms with Gasteiger partial charge in [0.05, 0.1) is 29.7 Å². The van der Waals surface area contributed by atoms with Crippen molar-refractivity contribution in [1.82, 2.24) is 15.2 Å². The van der Waals surface area contributed by atoms with Crippen molar-refractivity contribution in [2.45, 2.75) is 25.8 Å². The van der Waals surface area contributed by atoms with Crippen LogP contribution in [0.3, 0.4) is 0 Å². The summed E-state index contributed by atoms with van der Waals surface area (Å²) in [6, 6.07) is 22.7. The molecule has 2 aliphatic heterocycles. The van der Waals surface area contributed by atoms with E-state index in [0.29, 0.717) is 5.02 Å². The first kappa shape index (κ1) is 20.1. The summed E-state index contributed by atoms with van der Waals surface area (Å²) in [5.74, 6) is 0.993. The Balaban J connectivity index is 1.35. The standard InChI is InChI=1S/C27H23ClN4O/c1-17-2-4-18(5-3-17)27-23(16-32(31-27)22-9-7-21(28)8-10-22)25-15-24(29-30-25)19-6-11-26-20(14-19)12-13-33-26/h2-11,14,16,25,30H,12-13,15H2,1H3. The van der Waals surface area contributed by atoms with E-state index < -0.39 is 0 Å². The normalized spacial score (nSPS) is 16.8. The highest BCUT2D eigenvalue weighted by atomic mass is 35.5. The molecule has 3 heterocycles. The SMILES string of the molecule is Cc1ccc(-c2nn(-c3ccc(Cl)cc3)cc2C2CC(c3ccc4c(c3)CCO4)=NN2)cc1. The molecule has 1 N–H and O–H groups in total. The highest BCUT2D eigenvalue weighted by Crippen LogP contribution is 2.34. The molecule has 164 valence electrons. The Morgan fingerprint density at radius 1 is 1.00 bits per heavy atom. The summed E-state index contributed by atoms with van der Waals surface area (Å²) in [5.41, 5.74) is 12.2. The predicted molar refractivity (Wildman–Crippen MR) is 131 cm³/mol. The summed E-state index contributed by atoms with van der Waals surface area (Å²) < 4.78 is 7.58. The fourth-order valence-corrected chi connectivity index (χ4v) is 4.60. The van der Waals surface area contributed by atoms with Gasteiger partial charge < -0.3 is 10.2 Å². The van der Waals surface area contributed by atoms with Crippen molar-refractivity contribution >= 4 is 17.3 Å². The first-order chi connectivity index (χ1) is 16.1. The lowest BCUT2D eigenvalue weighted by molar-refractivity contribution is 0.357. The molecule has 0 fully saturated rings. The van der Waals surface area contributed by atoms with Crippen LogP contribution in [0.4, 0.5) is 0 Å². The van der Waals surface area contributed by atoms with E-state index in [1.807, 2.05) is 28.9 Å². The van der Waals surface area contributed by atoms with Crippen molar-refractivity contribution in [3.8, 4) is 22.7 Å². The molecule has 6 heteroatoms. The summed E-state index contributed by atoms with van der Waals surface area (Å²) in [5, 5.41) is 10.4. The third-order valence-electron chi connectivity index (χ3n) is 6.31. The quantitative estimate of drug-likeness (QED) is 0.419. The van der Waals surface area contributed by atoms with Gasteiger partial charge in [-0.25, -0.2) is 4.68 Å². The highest BCUT2D eigenvalue weighted by Gasteiger charge is 2.27. The van der Waals surface area contributed by atoms with E-state index in [4.69, 9.17) is 26.5 Å². The molecule has 5 nitrogen and oxygen atoms in total. The lowest BCUT2D eigenvalue weighted by atomic mass is 9.96. The summed E-state index contributed by atoms with van der Waals surface area (Å²) in [6.07, 6.45) is 3.86. The molecule has 0 spiro atoms. The molecule has 3 aromatic carbocycles. The molecule has 6 rings (SSSR count). The third kappa shape index (κ3) is 3.79. The van der Waals surface area contributed by atoms with Crippen LogP contribution >= 0.6 is 11.6 Å². The van der Waals surface area contributed by atoms with E-state index in [2.05, 4.69) is 61.0 Å². The zero-order valence-electron chi connectivity index (χ0n) is 18.3. The maximum Gasteiger partial charge on any atom is 0.122 e. The molecule has 1 aromatic heterocycles. The second-order valence-electron chi connectivity index (χ2n) is 8.59. The van der Waals surface area contributed by atoms with Crippen LogP contribution in [0.5, 0.6) is 5.75 Å². The summed E-state index contributed by atoms with van der Waals surface area (Å²) >= 11 is 6.10. The average molecular weight is 455 g/mol.